The zero-order chi connectivity index (χ0) is 14.5. The Kier molecular flexibility index (Phi) is 5.78. The van der Waals surface area contributed by atoms with Gasteiger partial charge in [0.15, 0.2) is 0 Å². The lowest BCUT2D eigenvalue weighted by Gasteiger charge is -2.07. The highest BCUT2D eigenvalue weighted by molar-refractivity contribution is 8.13. The predicted molar refractivity (Wildman–Crippen MR) is 73.0 cm³/mol. The summed E-state index contributed by atoms with van der Waals surface area (Å²) < 4.78 is 27.6. The molecule has 0 radical (unpaired) electrons. The van der Waals surface area contributed by atoms with Gasteiger partial charge < -0.3 is 10.1 Å². The van der Waals surface area contributed by atoms with Crippen LogP contribution < -0.4 is 5.32 Å². The standard InChI is InChI=1S/C12H16ClNO4S/c1-9-4-5-10(8-11(9)19(13,16)17)12(15)14-6-3-7-18-2/h4-5,8H,3,6-7H2,1-2H3,(H,14,15). The molecule has 0 aliphatic carbocycles. The van der Waals surface area contributed by atoms with Gasteiger partial charge in [0.25, 0.3) is 15.0 Å². The lowest BCUT2D eigenvalue weighted by Crippen LogP contribution is -2.25. The van der Waals surface area contributed by atoms with Crippen LogP contribution >= 0.6 is 10.7 Å². The van der Waals surface area contributed by atoms with Crippen LogP contribution in [0.15, 0.2) is 23.1 Å². The molecule has 0 saturated carbocycles. The van der Waals surface area contributed by atoms with E-state index in [9.17, 15) is 13.2 Å². The summed E-state index contributed by atoms with van der Waals surface area (Å²) in [6, 6.07) is 4.40. The number of rotatable bonds is 6. The van der Waals surface area contributed by atoms with Crippen molar-refractivity contribution < 1.29 is 17.9 Å². The van der Waals surface area contributed by atoms with Crippen LogP contribution in [0.25, 0.3) is 0 Å². The molecule has 0 unspecified atom stereocenters. The van der Waals surface area contributed by atoms with Crippen molar-refractivity contribution >= 4 is 25.6 Å². The molecule has 0 aromatic heterocycles. The molecule has 1 amide bonds. The van der Waals surface area contributed by atoms with Crippen molar-refractivity contribution in [3.63, 3.8) is 0 Å². The number of benzene rings is 1. The SMILES string of the molecule is COCCCNC(=O)c1ccc(C)c(S(=O)(=O)Cl)c1. The molecule has 0 aliphatic rings. The van der Waals surface area contributed by atoms with Crippen LogP contribution in [0.2, 0.25) is 0 Å². The highest BCUT2D eigenvalue weighted by atomic mass is 35.7. The Bertz CT molecular complexity index is 557. The molecule has 7 heteroatoms. The van der Waals surface area contributed by atoms with Crippen molar-refractivity contribution in [2.24, 2.45) is 0 Å². The normalized spacial score (nSPS) is 11.3. The van der Waals surface area contributed by atoms with E-state index >= 15 is 0 Å². The van der Waals surface area contributed by atoms with E-state index in [2.05, 4.69) is 5.32 Å². The van der Waals surface area contributed by atoms with E-state index in [1.807, 2.05) is 0 Å². The van der Waals surface area contributed by atoms with Crippen molar-refractivity contribution in [1.82, 2.24) is 5.32 Å². The van der Waals surface area contributed by atoms with Gasteiger partial charge in [-0.2, -0.15) is 0 Å². The fraction of sp³-hybridized carbons (Fsp3) is 0.417. The molecule has 0 aliphatic heterocycles. The first-order chi connectivity index (χ1) is 8.86. The van der Waals surface area contributed by atoms with Gasteiger partial charge in [0.1, 0.15) is 0 Å². The number of methoxy groups -OCH3 is 1. The van der Waals surface area contributed by atoms with Crippen molar-refractivity contribution in [2.45, 2.75) is 18.2 Å². The van der Waals surface area contributed by atoms with E-state index in [0.717, 1.165) is 0 Å². The average molecular weight is 306 g/mol. The zero-order valence-electron chi connectivity index (χ0n) is 10.8. The fourth-order valence-electron chi connectivity index (χ4n) is 1.52. The Morgan fingerprint density at radius 2 is 2.11 bits per heavy atom. The number of carbonyl (C=O) groups excluding carboxylic acids is 1. The fourth-order valence-corrected chi connectivity index (χ4v) is 2.74. The molecular weight excluding hydrogens is 290 g/mol. The molecule has 1 aromatic rings. The summed E-state index contributed by atoms with van der Waals surface area (Å²) in [7, 11) is 3.05. The Balaban J connectivity index is 2.82. The third-order valence-electron chi connectivity index (χ3n) is 2.52. The van der Waals surface area contributed by atoms with Crippen LogP contribution in [-0.4, -0.2) is 34.6 Å². The summed E-state index contributed by atoms with van der Waals surface area (Å²) in [5.41, 5.74) is 0.771. The first kappa shape index (κ1) is 15.9. The second kappa shape index (κ2) is 6.88. The summed E-state index contributed by atoms with van der Waals surface area (Å²) in [6.45, 7) is 2.63. The van der Waals surface area contributed by atoms with Gasteiger partial charge in [-0.3, -0.25) is 4.79 Å². The van der Waals surface area contributed by atoms with Gasteiger partial charge in [-0.05, 0) is 31.0 Å². The molecular formula is C12H16ClNO4S. The molecule has 0 saturated heterocycles. The van der Waals surface area contributed by atoms with Crippen molar-refractivity contribution in [1.29, 1.82) is 0 Å². The number of aryl methyl sites for hydroxylation is 1. The zero-order valence-corrected chi connectivity index (χ0v) is 12.3. The van der Waals surface area contributed by atoms with E-state index < -0.39 is 9.05 Å². The minimum absolute atomic E-state index is 0.0429. The molecule has 0 heterocycles. The number of halogens is 1. The molecule has 0 spiro atoms. The molecule has 1 rings (SSSR count). The number of hydrogen-bond donors (Lipinski definition) is 1. The van der Waals surface area contributed by atoms with Crippen molar-refractivity contribution in [3.8, 4) is 0 Å². The van der Waals surface area contributed by atoms with Gasteiger partial charge >= 0.3 is 0 Å². The quantitative estimate of drug-likeness (QED) is 0.641. The van der Waals surface area contributed by atoms with Crippen LogP contribution in [0.1, 0.15) is 22.3 Å². The second-order valence-corrected chi connectivity index (χ2v) is 6.55. The largest absolute Gasteiger partial charge is 0.385 e. The summed E-state index contributed by atoms with van der Waals surface area (Å²) in [5.74, 6) is -0.335. The highest BCUT2D eigenvalue weighted by Crippen LogP contribution is 2.20. The molecule has 106 valence electrons. The molecule has 0 atom stereocenters. The minimum atomic E-state index is -3.85. The average Bonchev–Trinajstić information content (AvgIpc) is 2.33. The summed E-state index contributed by atoms with van der Waals surface area (Å²) >= 11 is 0. The summed E-state index contributed by atoms with van der Waals surface area (Å²) in [4.78, 5) is 11.8. The number of nitrogens with one attached hydrogen (secondary N) is 1. The Labute approximate surface area is 117 Å². The van der Waals surface area contributed by atoms with Gasteiger partial charge in [0.05, 0.1) is 4.90 Å². The number of hydrogen-bond acceptors (Lipinski definition) is 4. The van der Waals surface area contributed by atoms with E-state index in [-0.39, 0.29) is 16.4 Å². The number of amides is 1. The first-order valence-corrected chi connectivity index (χ1v) is 7.99. The topological polar surface area (TPSA) is 72.5 Å². The third-order valence-corrected chi connectivity index (χ3v) is 3.99. The second-order valence-electron chi connectivity index (χ2n) is 4.02. The van der Waals surface area contributed by atoms with Gasteiger partial charge in [-0.15, -0.1) is 0 Å². The third kappa shape index (κ3) is 4.81. The maximum Gasteiger partial charge on any atom is 0.261 e. The first-order valence-electron chi connectivity index (χ1n) is 5.68. The van der Waals surface area contributed by atoms with Gasteiger partial charge in [-0.1, -0.05) is 6.07 Å². The van der Waals surface area contributed by atoms with Crippen LogP contribution in [0.5, 0.6) is 0 Å². The smallest absolute Gasteiger partial charge is 0.261 e. The molecule has 1 N–H and O–H groups in total. The monoisotopic (exact) mass is 305 g/mol. The summed E-state index contributed by atoms with van der Waals surface area (Å²) in [6.07, 6.45) is 0.689. The Morgan fingerprint density at radius 1 is 1.42 bits per heavy atom. The van der Waals surface area contributed by atoms with Crippen LogP contribution in [0.4, 0.5) is 0 Å². The van der Waals surface area contributed by atoms with E-state index in [4.69, 9.17) is 15.4 Å². The van der Waals surface area contributed by atoms with E-state index in [0.29, 0.717) is 25.1 Å². The van der Waals surface area contributed by atoms with E-state index in [1.54, 1.807) is 26.2 Å². The van der Waals surface area contributed by atoms with Crippen LogP contribution in [0.3, 0.4) is 0 Å². The lowest BCUT2D eigenvalue weighted by atomic mass is 10.1. The molecule has 0 bridgehead atoms. The maximum atomic E-state index is 11.8. The maximum absolute atomic E-state index is 11.8. The molecule has 5 nitrogen and oxygen atoms in total. The van der Waals surface area contributed by atoms with Gasteiger partial charge in [-0.25, -0.2) is 8.42 Å². The lowest BCUT2D eigenvalue weighted by molar-refractivity contribution is 0.0948. The number of carbonyl (C=O) groups is 1. The molecule has 0 fully saturated rings. The summed E-state index contributed by atoms with van der Waals surface area (Å²) in [5, 5.41) is 2.68. The minimum Gasteiger partial charge on any atom is -0.385 e. The Hall–Kier alpha value is -1.11. The number of ether oxygens (including phenoxy) is 1. The molecule has 19 heavy (non-hydrogen) atoms. The Morgan fingerprint density at radius 3 is 2.68 bits per heavy atom. The molecule has 1 aromatic carbocycles. The van der Waals surface area contributed by atoms with E-state index in [1.165, 1.54) is 6.07 Å². The van der Waals surface area contributed by atoms with Gasteiger partial charge in [0, 0.05) is 36.5 Å². The van der Waals surface area contributed by atoms with Gasteiger partial charge in [0.2, 0.25) is 0 Å². The highest BCUT2D eigenvalue weighted by Gasteiger charge is 2.16. The predicted octanol–water partition coefficient (Wildman–Crippen LogP) is 1.69. The van der Waals surface area contributed by atoms with Crippen molar-refractivity contribution in [2.75, 3.05) is 20.3 Å². The van der Waals surface area contributed by atoms with Crippen molar-refractivity contribution in [3.05, 3.63) is 29.3 Å². The van der Waals surface area contributed by atoms with Crippen LogP contribution in [-0.2, 0) is 13.8 Å². The van der Waals surface area contributed by atoms with Crippen LogP contribution in [0, 0.1) is 6.92 Å².